The van der Waals surface area contributed by atoms with Crippen molar-refractivity contribution >= 4 is 65.6 Å². The molecule has 0 saturated heterocycles. The lowest BCUT2D eigenvalue weighted by Gasteiger charge is -2.14. The van der Waals surface area contributed by atoms with E-state index in [1.165, 1.54) is 10.8 Å². The zero-order valence-electron chi connectivity index (χ0n) is 30.7. The normalized spacial score (nSPS) is 11.9. The van der Waals surface area contributed by atoms with Crippen LogP contribution < -0.4 is 0 Å². The molecule has 0 aliphatic rings. The first-order valence-corrected chi connectivity index (χ1v) is 19.2. The lowest BCUT2D eigenvalue weighted by atomic mass is 10.1. The van der Waals surface area contributed by atoms with Crippen molar-refractivity contribution in [1.82, 2.24) is 19.1 Å². The molecule has 4 heterocycles. The molecule has 0 saturated carbocycles. The summed E-state index contributed by atoms with van der Waals surface area (Å²) in [5.74, 6) is 0.677. The van der Waals surface area contributed by atoms with Crippen LogP contribution in [-0.2, 0) is 0 Å². The first-order valence-electron chi connectivity index (χ1n) is 19.2. The zero-order chi connectivity index (χ0) is 37.5. The fourth-order valence-electron chi connectivity index (χ4n) is 8.75. The topological polar surface area (TPSA) is 48.8 Å². The molecule has 0 radical (unpaired) electrons. The fourth-order valence-corrected chi connectivity index (χ4v) is 8.75. The molecule has 12 aromatic rings. The third-order valence-corrected chi connectivity index (χ3v) is 11.3. The van der Waals surface area contributed by atoms with Crippen LogP contribution in [0.1, 0.15) is 0 Å². The smallest absolute Gasteiger partial charge is 0.160 e. The minimum absolute atomic E-state index is 0.677. The number of hydrogen-bond donors (Lipinski definition) is 0. The van der Waals surface area contributed by atoms with Crippen molar-refractivity contribution in [3.05, 3.63) is 194 Å². The lowest BCUT2D eigenvalue weighted by molar-refractivity contribution is 0.669. The number of para-hydroxylation sites is 3. The Labute approximate surface area is 327 Å². The Bertz CT molecular complexity index is 3450. The highest BCUT2D eigenvalue weighted by Crippen LogP contribution is 2.44. The van der Waals surface area contributed by atoms with E-state index in [9.17, 15) is 0 Å². The SMILES string of the molecule is c1ccc(-c2cc(-c3ccccc3)nc(-c3cccc(-n4c5ccccc5c5ccc6c7cc8oc9ccccc9c8cc7n(-c7ccccc7)c6c54)c3)n2)cc1. The van der Waals surface area contributed by atoms with Crippen LogP contribution in [0.15, 0.2) is 199 Å². The molecule has 0 spiro atoms. The minimum atomic E-state index is 0.677. The van der Waals surface area contributed by atoms with Gasteiger partial charge in [0.2, 0.25) is 0 Å². The van der Waals surface area contributed by atoms with Crippen LogP contribution in [0.4, 0.5) is 0 Å². The Morgan fingerprint density at radius 2 is 0.895 bits per heavy atom. The zero-order valence-corrected chi connectivity index (χ0v) is 30.7. The van der Waals surface area contributed by atoms with Crippen molar-refractivity contribution in [3.63, 3.8) is 0 Å². The Morgan fingerprint density at radius 3 is 1.61 bits per heavy atom. The highest BCUT2D eigenvalue weighted by atomic mass is 16.3. The van der Waals surface area contributed by atoms with E-state index in [0.29, 0.717) is 5.82 Å². The number of aromatic nitrogens is 4. The summed E-state index contributed by atoms with van der Waals surface area (Å²) in [6, 6.07) is 68.3. The van der Waals surface area contributed by atoms with Crippen molar-refractivity contribution in [3.8, 4) is 45.3 Å². The average molecular weight is 729 g/mol. The van der Waals surface area contributed by atoms with Crippen LogP contribution in [0.2, 0.25) is 0 Å². The standard InChI is InChI=1S/C52H32N4O/c1-4-15-33(16-5-1)44-32-45(34-17-6-2-7-18-34)54-52(53-44)35-19-14-22-37(29-35)56-46-25-12-10-23-38(46)40-27-28-41-42-31-49-43(39-24-11-13-26-48(39)57-49)30-47(42)55(51(41)50(40)56)36-20-8-3-9-21-36/h1-32H. The summed E-state index contributed by atoms with van der Waals surface area (Å²) in [6.45, 7) is 0. The van der Waals surface area contributed by atoms with Crippen molar-refractivity contribution in [2.24, 2.45) is 0 Å². The van der Waals surface area contributed by atoms with Gasteiger partial charge in [-0.15, -0.1) is 0 Å². The first kappa shape index (κ1) is 31.6. The molecule has 0 amide bonds. The van der Waals surface area contributed by atoms with Gasteiger partial charge in [0.15, 0.2) is 5.82 Å². The highest BCUT2D eigenvalue weighted by molar-refractivity contribution is 6.25. The Balaban J connectivity index is 1.16. The van der Waals surface area contributed by atoms with Crippen LogP contribution >= 0.6 is 0 Å². The Morgan fingerprint density at radius 1 is 0.333 bits per heavy atom. The van der Waals surface area contributed by atoms with Gasteiger partial charge in [-0.1, -0.05) is 140 Å². The summed E-state index contributed by atoms with van der Waals surface area (Å²) >= 11 is 0. The van der Waals surface area contributed by atoms with Crippen LogP contribution in [-0.4, -0.2) is 19.1 Å². The van der Waals surface area contributed by atoms with Gasteiger partial charge >= 0.3 is 0 Å². The molecule has 57 heavy (non-hydrogen) atoms. The van der Waals surface area contributed by atoms with Gasteiger partial charge < -0.3 is 13.6 Å². The molecule has 8 aromatic carbocycles. The molecule has 0 aliphatic carbocycles. The summed E-state index contributed by atoms with van der Waals surface area (Å²) in [6.07, 6.45) is 0. The van der Waals surface area contributed by atoms with Crippen LogP contribution in [0.25, 0.3) is 111 Å². The summed E-state index contributed by atoms with van der Waals surface area (Å²) in [7, 11) is 0. The van der Waals surface area contributed by atoms with Gasteiger partial charge in [-0.25, -0.2) is 9.97 Å². The maximum Gasteiger partial charge on any atom is 0.160 e. The molecular weight excluding hydrogens is 697 g/mol. The van der Waals surface area contributed by atoms with E-state index in [0.717, 1.165) is 94.2 Å². The van der Waals surface area contributed by atoms with Crippen molar-refractivity contribution in [1.29, 1.82) is 0 Å². The van der Waals surface area contributed by atoms with Gasteiger partial charge in [0.25, 0.3) is 0 Å². The second-order valence-electron chi connectivity index (χ2n) is 14.6. The minimum Gasteiger partial charge on any atom is -0.456 e. The molecule has 5 nitrogen and oxygen atoms in total. The van der Waals surface area contributed by atoms with Gasteiger partial charge in [0, 0.05) is 60.4 Å². The van der Waals surface area contributed by atoms with Gasteiger partial charge in [-0.2, -0.15) is 0 Å². The monoisotopic (exact) mass is 728 g/mol. The molecule has 0 fully saturated rings. The quantitative estimate of drug-likeness (QED) is 0.177. The average Bonchev–Trinajstić information content (AvgIpc) is 3.93. The number of rotatable bonds is 5. The molecule has 4 aromatic heterocycles. The highest BCUT2D eigenvalue weighted by Gasteiger charge is 2.23. The maximum atomic E-state index is 6.46. The second kappa shape index (κ2) is 12.4. The number of hydrogen-bond acceptors (Lipinski definition) is 3. The summed E-state index contributed by atoms with van der Waals surface area (Å²) in [4.78, 5) is 10.4. The van der Waals surface area contributed by atoms with Crippen molar-refractivity contribution < 1.29 is 4.42 Å². The predicted octanol–water partition coefficient (Wildman–Crippen LogP) is 13.6. The third-order valence-electron chi connectivity index (χ3n) is 11.3. The van der Waals surface area contributed by atoms with Gasteiger partial charge in [-0.05, 0) is 54.6 Å². The number of fused-ring (bicyclic) bond motifs is 10. The van der Waals surface area contributed by atoms with E-state index in [1.54, 1.807) is 0 Å². The second-order valence-corrected chi connectivity index (χ2v) is 14.6. The number of nitrogens with zero attached hydrogens (tertiary/aromatic N) is 4. The lowest BCUT2D eigenvalue weighted by Crippen LogP contribution is -2.00. The molecule has 0 N–H and O–H groups in total. The first-order chi connectivity index (χ1) is 28.3. The van der Waals surface area contributed by atoms with Crippen molar-refractivity contribution in [2.75, 3.05) is 0 Å². The predicted molar refractivity (Wildman–Crippen MR) is 234 cm³/mol. The van der Waals surface area contributed by atoms with Crippen LogP contribution in [0, 0.1) is 0 Å². The Kier molecular flexibility index (Phi) is 6.86. The van der Waals surface area contributed by atoms with E-state index in [4.69, 9.17) is 14.4 Å². The molecule has 5 heteroatoms. The summed E-state index contributed by atoms with van der Waals surface area (Å²) in [5.41, 5.74) is 13.3. The van der Waals surface area contributed by atoms with Crippen LogP contribution in [0.5, 0.6) is 0 Å². The molecule has 12 rings (SSSR count). The van der Waals surface area contributed by atoms with E-state index in [2.05, 4.69) is 179 Å². The van der Waals surface area contributed by atoms with Crippen LogP contribution in [0.3, 0.4) is 0 Å². The Hall–Kier alpha value is -7.76. The van der Waals surface area contributed by atoms with Crippen molar-refractivity contribution in [2.45, 2.75) is 0 Å². The maximum absolute atomic E-state index is 6.46. The molecule has 0 bridgehead atoms. The largest absolute Gasteiger partial charge is 0.456 e. The molecule has 0 aliphatic heterocycles. The fraction of sp³-hybridized carbons (Fsp3) is 0. The number of furan rings is 1. The summed E-state index contributed by atoms with van der Waals surface area (Å²) in [5, 5.41) is 6.91. The summed E-state index contributed by atoms with van der Waals surface area (Å²) < 4.78 is 11.3. The third kappa shape index (κ3) is 4.89. The molecule has 0 unspecified atom stereocenters. The van der Waals surface area contributed by atoms with Gasteiger partial charge in [-0.3, -0.25) is 0 Å². The van der Waals surface area contributed by atoms with E-state index in [-0.39, 0.29) is 0 Å². The van der Waals surface area contributed by atoms with E-state index in [1.807, 2.05) is 24.3 Å². The van der Waals surface area contributed by atoms with E-state index >= 15 is 0 Å². The van der Waals surface area contributed by atoms with E-state index < -0.39 is 0 Å². The molecular formula is C52H32N4O. The van der Waals surface area contributed by atoms with Gasteiger partial charge in [0.05, 0.1) is 33.5 Å². The van der Waals surface area contributed by atoms with Gasteiger partial charge in [0.1, 0.15) is 11.2 Å². The number of benzene rings is 8. The molecule has 0 atom stereocenters. The molecule has 266 valence electrons.